The molecule has 2 N–H and O–H groups in total. The maximum atomic E-state index is 10.4. The Balaban J connectivity index is 3.17. The molecule has 0 aliphatic heterocycles. The molecule has 0 aromatic heterocycles. The van der Waals surface area contributed by atoms with E-state index >= 15 is 0 Å². The van der Waals surface area contributed by atoms with E-state index in [-0.39, 0.29) is 5.91 Å². The van der Waals surface area contributed by atoms with E-state index < -0.39 is 0 Å². The summed E-state index contributed by atoms with van der Waals surface area (Å²) in [6, 6.07) is 0. The lowest BCUT2D eigenvalue weighted by Crippen LogP contribution is -2.18. The standard InChI is InChI=1S/C6H13NO2/c1-5(2)3-4-6(8)7-9/h5,9H,3-4H2,1-2H3,(H,7,8). The summed E-state index contributed by atoms with van der Waals surface area (Å²) >= 11 is 0. The zero-order valence-corrected chi connectivity index (χ0v) is 5.85. The molecule has 3 heteroatoms. The molecule has 0 atom stereocenters. The molecule has 3 nitrogen and oxygen atoms in total. The minimum Gasteiger partial charge on any atom is -0.289 e. The van der Waals surface area contributed by atoms with Gasteiger partial charge in [-0.25, -0.2) is 5.48 Å². The van der Waals surface area contributed by atoms with Crippen LogP contribution in [0.2, 0.25) is 0 Å². The van der Waals surface area contributed by atoms with Crippen LogP contribution in [0.15, 0.2) is 0 Å². The fourth-order valence-electron chi connectivity index (χ4n) is 0.476. The number of carbonyl (C=O) groups excluding carboxylic acids is 1. The highest BCUT2D eigenvalue weighted by Crippen LogP contribution is 2.01. The SMILES string of the molecule is CC(C)CCC(=O)NO. The lowest BCUT2D eigenvalue weighted by molar-refractivity contribution is -0.129. The van der Waals surface area contributed by atoms with Crippen molar-refractivity contribution in [2.24, 2.45) is 5.92 Å². The summed E-state index contributed by atoms with van der Waals surface area (Å²) < 4.78 is 0. The lowest BCUT2D eigenvalue weighted by atomic mass is 10.1. The van der Waals surface area contributed by atoms with Crippen molar-refractivity contribution in [2.75, 3.05) is 0 Å². The topological polar surface area (TPSA) is 49.3 Å². The second-order valence-corrected chi connectivity index (χ2v) is 2.47. The minimum atomic E-state index is -0.302. The van der Waals surface area contributed by atoms with Gasteiger partial charge in [0.15, 0.2) is 0 Å². The number of amides is 1. The van der Waals surface area contributed by atoms with Gasteiger partial charge in [-0.05, 0) is 12.3 Å². The number of nitrogens with one attached hydrogen (secondary N) is 1. The summed E-state index contributed by atoms with van der Waals surface area (Å²) in [6.45, 7) is 4.06. The first-order chi connectivity index (χ1) is 4.16. The summed E-state index contributed by atoms with van der Waals surface area (Å²) in [5, 5.41) is 8.05. The number of hydroxylamine groups is 1. The van der Waals surface area contributed by atoms with Crippen LogP contribution >= 0.6 is 0 Å². The monoisotopic (exact) mass is 131 g/mol. The zero-order chi connectivity index (χ0) is 7.28. The van der Waals surface area contributed by atoms with E-state index in [0.29, 0.717) is 12.3 Å². The van der Waals surface area contributed by atoms with Crippen molar-refractivity contribution >= 4 is 5.91 Å². The molecule has 0 aromatic rings. The normalized spacial score (nSPS) is 9.78. The Hall–Kier alpha value is -0.570. The van der Waals surface area contributed by atoms with Crippen LogP contribution in [0.5, 0.6) is 0 Å². The van der Waals surface area contributed by atoms with Crippen LogP contribution in [-0.2, 0) is 4.79 Å². The third-order valence-electron chi connectivity index (χ3n) is 1.07. The van der Waals surface area contributed by atoms with Crippen molar-refractivity contribution in [1.29, 1.82) is 0 Å². The highest BCUT2D eigenvalue weighted by atomic mass is 16.5. The molecule has 0 rings (SSSR count). The maximum absolute atomic E-state index is 10.4. The Bertz CT molecular complexity index is 91.1. The molecule has 0 aliphatic carbocycles. The Morgan fingerprint density at radius 1 is 1.67 bits per heavy atom. The first kappa shape index (κ1) is 8.43. The summed E-state index contributed by atoms with van der Waals surface area (Å²) in [7, 11) is 0. The first-order valence-electron chi connectivity index (χ1n) is 3.09. The highest BCUT2D eigenvalue weighted by molar-refractivity contribution is 5.74. The Labute approximate surface area is 55.0 Å². The van der Waals surface area contributed by atoms with Gasteiger partial charge in [0.25, 0.3) is 0 Å². The smallest absolute Gasteiger partial charge is 0.243 e. The molecule has 0 unspecified atom stereocenters. The van der Waals surface area contributed by atoms with E-state index in [1.807, 2.05) is 13.8 Å². The number of carbonyl (C=O) groups is 1. The molecule has 1 amide bonds. The van der Waals surface area contributed by atoms with Crippen molar-refractivity contribution in [3.8, 4) is 0 Å². The summed E-state index contributed by atoms with van der Waals surface area (Å²) in [5.74, 6) is 0.214. The fraction of sp³-hybridized carbons (Fsp3) is 0.833. The molecule has 9 heavy (non-hydrogen) atoms. The van der Waals surface area contributed by atoms with Crippen LogP contribution in [-0.4, -0.2) is 11.1 Å². The van der Waals surface area contributed by atoms with E-state index in [1.54, 1.807) is 5.48 Å². The number of hydrogen-bond acceptors (Lipinski definition) is 2. The number of hydrogen-bond donors (Lipinski definition) is 2. The van der Waals surface area contributed by atoms with E-state index in [1.165, 1.54) is 0 Å². The molecule has 0 fully saturated rings. The molecule has 0 aliphatic rings. The van der Waals surface area contributed by atoms with Gasteiger partial charge in [-0.2, -0.15) is 0 Å². The summed E-state index contributed by atoms with van der Waals surface area (Å²) in [5.41, 5.74) is 1.58. The third-order valence-corrected chi connectivity index (χ3v) is 1.07. The van der Waals surface area contributed by atoms with Gasteiger partial charge in [-0.15, -0.1) is 0 Å². The Kier molecular flexibility index (Phi) is 4.05. The summed E-state index contributed by atoms with van der Waals surface area (Å²) in [6.07, 6.45) is 1.24. The first-order valence-corrected chi connectivity index (χ1v) is 3.09. The molecule has 0 radical (unpaired) electrons. The fourth-order valence-corrected chi connectivity index (χ4v) is 0.476. The van der Waals surface area contributed by atoms with Crippen molar-refractivity contribution in [3.63, 3.8) is 0 Å². The highest BCUT2D eigenvalue weighted by Gasteiger charge is 1.99. The van der Waals surface area contributed by atoms with Crippen molar-refractivity contribution in [2.45, 2.75) is 26.7 Å². The van der Waals surface area contributed by atoms with Gasteiger partial charge in [-0.1, -0.05) is 13.8 Å². The molecule has 0 saturated carbocycles. The van der Waals surface area contributed by atoms with Crippen molar-refractivity contribution in [3.05, 3.63) is 0 Å². The van der Waals surface area contributed by atoms with E-state index in [4.69, 9.17) is 5.21 Å². The van der Waals surface area contributed by atoms with Gasteiger partial charge in [0, 0.05) is 6.42 Å². The second-order valence-electron chi connectivity index (χ2n) is 2.47. The van der Waals surface area contributed by atoms with Gasteiger partial charge < -0.3 is 0 Å². The predicted octanol–water partition coefficient (Wildman–Crippen LogP) is 0.928. The molecule has 0 aromatic carbocycles. The van der Waals surface area contributed by atoms with Gasteiger partial charge in [0.05, 0.1) is 0 Å². The molecule has 54 valence electrons. The average molecular weight is 131 g/mol. The molecule has 0 spiro atoms. The van der Waals surface area contributed by atoms with Gasteiger partial charge in [0.2, 0.25) is 5.91 Å². The van der Waals surface area contributed by atoms with Gasteiger partial charge >= 0.3 is 0 Å². The van der Waals surface area contributed by atoms with E-state index in [0.717, 1.165) is 6.42 Å². The van der Waals surface area contributed by atoms with Crippen LogP contribution in [0.1, 0.15) is 26.7 Å². The van der Waals surface area contributed by atoms with Crippen LogP contribution < -0.4 is 5.48 Å². The molecular weight excluding hydrogens is 118 g/mol. The minimum absolute atomic E-state index is 0.302. The van der Waals surface area contributed by atoms with E-state index in [9.17, 15) is 4.79 Å². The summed E-state index contributed by atoms with van der Waals surface area (Å²) in [4.78, 5) is 10.4. The quantitative estimate of drug-likeness (QED) is 0.442. The van der Waals surface area contributed by atoms with Crippen LogP contribution in [0.25, 0.3) is 0 Å². The average Bonchev–Trinajstić information content (AvgIpc) is 1.83. The van der Waals surface area contributed by atoms with Crippen LogP contribution in [0.3, 0.4) is 0 Å². The predicted molar refractivity (Wildman–Crippen MR) is 34.0 cm³/mol. The van der Waals surface area contributed by atoms with Crippen molar-refractivity contribution < 1.29 is 10.0 Å². The lowest BCUT2D eigenvalue weighted by Gasteiger charge is -2.00. The van der Waals surface area contributed by atoms with Crippen molar-refractivity contribution in [1.82, 2.24) is 5.48 Å². The van der Waals surface area contributed by atoms with E-state index in [2.05, 4.69) is 0 Å². The second kappa shape index (κ2) is 4.32. The molecule has 0 heterocycles. The van der Waals surface area contributed by atoms with Crippen LogP contribution in [0, 0.1) is 5.92 Å². The molecule has 0 bridgehead atoms. The largest absolute Gasteiger partial charge is 0.289 e. The maximum Gasteiger partial charge on any atom is 0.243 e. The zero-order valence-electron chi connectivity index (χ0n) is 5.85. The van der Waals surface area contributed by atoms with Gasteiger partial charge in [0.1, 0.15) is 0 Å². The molecular formula is C6H13NO2. The van der Waals surface area contributed by atoms with Gasteiger partial charge in [-0.3, -0.25) is 10.0 Å². The third kappa shape index (κ3) is 5.30. The van der Waals surface area contributed by atoms with Crippen LogP contribution in [0.4, 0.5) is 0 Å². The number of rotatable bonds is 3. The Morgan fingerprint density at radius 2 is 2.22 bits per heavy atom. The molecule has 0 saturated heterocycles. The Morgan fingerprint density at radius 3 is 2.56 bits per heavy atom.